The Morgan fingerprint density at radius 1 is 0.962 bits per heavy atom. The van der Waals surface area contributed by atoms with E-state index in [1.807, 2.05) is 60.7 Å². The van der Waals surface area contributed by atoms with Crippen molar-refractivity contribution in [3.05, 3.63) is 72.3 Å². The zero-order valence-corrected chi connectivity index (χ0v) is 15.1. The summed E-state index contributed by atoms with van der Waals surface area (Å²) in [6.07, 6.45) is 0.213. The lowest BCUT2D eigenvalue weighted by Crippen LogP contribution is -2.37. The predicted octanol–water partition coefficient (Wildman–Crippen LogP) is 3.97. The van der Waals surface area contributed by atoms with Crippen molar-refractivity contribution in [3.8, 4) is 11.5 Å². The van der Waals surface area contributed by atoms with E-state index in [0.29, 0.717) is 12.3 Å². The van der Waals surface area contributed by atoms with Gasteiger partial charge in [0.05, 0.1) is 7.11 Å². The molecule has 0 aromatic heterocycles. The Hall–Kier alpha value is -3.01. The van der Waals surface area contributed by atoms with Crippen LogP contribution in [0.4, 0.5) is 0 Å². The molecule has 0 bridgehead atoms. The summed E-state index contributed by atoms with van der Waals surface area (Å²) in [5, 5.41) is 5.17. The summed E-state index contributed by atoms with van der Waals surface area (Å²) < 4.78 is 10.9. The van der Waals surface area contributed by atoms with Gasteiger partial charge in [-0.1, -0.05) is 42.5 Å². The fourth-order valence-corrected chi connectivity index (χ4v) is 2.76. The minimum atomic E-state index is -0.549. The van der Waals surface area contributed by atoms with Gasteiger partial charge >= 0.3 is 0 Å². The van der Waals surface area contributed by atoms with Gasteiger partial charge in [0.2, 0.25) is 0 Å². The molecule has 134 valence electrons. The first kappa shape index (κ1) is 17.8. The maximum absolute atomic E-state index is 12.2. The Labute approximate surface area is 153 Å². The number of ether oxygens (including phenoxy) is 2. The van der Waals surface area contributed by atoms with Crippen LogP contribution in [0.2, 0.25) is 0 Å². The van der Waals surface area contributed by atoms with Crippen LogP contribution < -0.4 is 14.8 Å². The molecule has 3 aromatic carbocycles. The van der Waals surface area contributed by atoms with Crippen molar-refractivity contribution in [1.29, 1.82) is 0 Å². The van der Waals surface area contributed by atoms with E-state index in [1.54, 1.807) is 14.0 Å². The number of methoxy groups -OCH3 is 1. The lowest BCUT2D eigenvalue weighted by Gasteiger charge is -2.15. The normalized spacial score (nSPS) is 11.8. The quantitative estimate of drug-likeness (QED) is 0.702. The smallest absolute Gasteiger partial charge is 0.260 e. The number of fused-ring (bicyclic) bond motifs is 1. The second-order valence-corrected chi connectivity index (χ2v) is 6.16. The molecule has 0 spiro atoms. The van der Waals surface area contributed by atoms with Crippen LogP contribution in [0, 0.1) is 0 Å². The number of hydrogen-bond donors (Lipinski definition) is 1. The molecule has 0 saturated heterocycles. The van der Waals surface area contributed by atoms with E-state index in [9.17, 15) is 4.79 Å². The molecular weight excluding hydrogens is 326 g/mol. The first-order chi connectivity index (χ1) is 12.7. The summed E-state index contributed by atoms with van der Waals surface area (Å²) in [4.78, 5) is 12.2. The molecule has 0 aliphatic carbocycles. The van der Waals surface area contributed by atoms with Crippen LogP contribution in [0.25, 0.3) is 10.8 Å². The van der Waals surface area contributed by atoms with Crippen LogP contribution in [0.1, 0.15) is 12.5 Å². The van der Waals surface area contributed by atoms with E-state index in [4.69, 9.17) is 9.47 Å². The summed E-state index contributed by atoms with van der Waals surface area (Å²) in [6, 6.07) is 21.8. The van der Waals surface area contributed by atoms with E-state index < -0.39 is 6.10 Å². The first-order valence-electron chi connectivity index (χ1n) is 8.72. The van der Waals surface area contributed by atoms with Crippen molar-refractivity contribution in [3.63, 3.8) is 0 Å². The van der Waals surface area contributed by atoms with E-state index in [2.05, 4.69) is 11.4 Å². The predicted molar refractivity (Wildman–Crippen MR) is 104 cm³/mol. The molecule has 3 aromatic rings. The van der Waals surface area contributed by atoms with Gasteiger partial charge in [0.15, 0.2) is 6.10 Å². The molecule has 26 heavy (non-hydrogen) atoms. The molecule has 0 aliphatic rings. The minimum absolute atomic E-state index is 0.119. The van der Waals surface area contributed by atoms with Gasteiger partial charge in [0, 0.05) is 6.54 Å². The third-order valence-corrected chi connectivity index (χ3v) is 4.27. The number of amides is 1. The number of nitrogens with one attached hydrogen (secondary N) is 1. The molecule has 0 radical (unpaired) electrons. The molecule has 1 atom stereocenters. The number of hydrogen-bond acceptors (Lipinski definition) is 3. The molecule has 1 amide bonds. The maximum Gasteiger partial charge on any atom is 0.260 e. The van der Waals surface area contributed by atoms with Crippen molar-refractivity contribution in [2.45, 2.75) is 19.4 Å². The van der Waals surface area contributed by atoms with Crippen LogP contribution in [-0.4, -0.2) is 25.7 Å². The monoisotopic (exact) mass is 349 g/mol. The number of carbonyl (C=O) groups excluding carboxylic acids is 1. The van der Waals surface area contributed by atoms with Gasteiger partial charge in [-0.2, -0.15) is 0 Å². The van der Waals surface area contributed by atoms with Gasteiger partial charge < -0.3 is 14.8 Å². The van der Waals surface area contributed by atoms with Gasteiger partial charge in [-0.3, -0.25) is 4.79 Å². The van der Waals surface area contributed by atoms with Crippen LogP contribution in [0.15, 0.2) is 66.7 Å². The van der Waals surface area contributed by atoms with Gasteiger partial charge in [0.25, 0.3) is 5.91 Å². The van der Waals surface area contributed by atoms with Crippen molar-refractivity contribution in [2.75, 3.05) is 13.7 Å². The average Bonchev–Trinajstić information content (AvgIpc) is 2.68. The fraction of sp³-hybridized carbons (Fsp3) is 0.227. The van der Waals surface area contributed by atoms with Crippen molar-refractivity contribution < 1.29 is 14.3 Å². The molecule has 3 rings (SSSR count). The average molecular weight is 349 g/mol. The molecule has 0 heterocycles. The van der Waals surface area contributed by atoms with E-state index in [1.165, 1.54) is 0 Å². The fourth-order valence-electron chi connectivity index (χ4n) is 2.76. The second kappa shape index (κ2) is 8.39. The zero-order chi connectivity index (χ0) is 18.4. The molecule has 4 nitrogen and oxygen atoms in total. The van der Waals surface area contributed by atoms with Gasteiger partial charge in [0.1, 0.15) is 11.5 Å². The molecular formula is C22H23NO3. The highest BCUT2D eigenvalue weighted by atomic mass is 16.5. The lowest BCUT2D eigenvalue weighted by atomic mass is 10.1. The SMILES string of the molecule is COc1ccc(CCNC(=O)C(C)Oc2ccc3ccccc3c2)cc1. The largest absolute Gasteiger partial charge is 0.497 e. The lowest BCUT2D eigenvalue weighted by molar-refractivity contribution is -0.127. The van der Waals surface area contributed by atoms with Crippen molar-refractivity contribution in [2.24, 2.45) is 0 Å². The van der Waals surface area contributed by atoms with Gasteiger partial charge in [-0.25, -0.2) is 0 Å². The zero-order valence-electron chi connectivity index (χ0n) is 15.1. The van der Waals surface area contributed by atoms with Gasteiger partial charge in [-0.15, -0.1) is 0 Å². The molecule has 1 unspecified atom stereocenters. The maximum atomic E-state index is 12.2. The number of benzene rings is 3. The Morgan fingerprint density at radius 2 is 1.65 bits per heavy atom. The highest BCUT2D eigenvalue weighted by Crippen LogP contribution is 2.21. The Bertz CT molecular complexity index is 874. The summed E-state index contributed by atoms with van der Waals surface area (Å²) in [5.41, 5.74) is 1.15. The summed E-state index contributed by atoms with van der Waals surface area (Å²) >= 11 is 0. The summed E-state index contributed by atoms with van der Waals surface area (Å²) in [5.74, 6) is 1.41. The standard InChI is InChI=1S/C22H23NO3/c1-16(26-21-12-9-18-5-3-4-6-19(18)15-21)22(24)23-14-13-17-7-10-20(25-2)11-8-17/h3-12,15-16H,13-14H2,1-2H3,(H,23,24). The third kappa shape index (κ3) is 4.54. The van der Waals surface area contributed by atoms with Gasteiger partial charge in [-0.05, 0) is 53.9 Å². The highest BCUT2D eigenvalue weighted by Gasteiger charge is 2.14. The summed E-state index contributed by atoms with van der Waals surface area (Å²) in [7, 11) is 1.64. The summed E-state index contributed by atoms with van der Waals surface area (Å²) in [6.45, 7) is 2.33. The highest BCUT2D eigenvalue weighted by molar-refractivity contribution is 5.84. The Kier molecular flexibility index (Phi) is 5.74. The van der Waals surface area contributed by atoms with E-state index in [-0.39, 0.29) is 5.91 Å². The van der Waals surface area contributed by atoms with Crippen LogP contribution in [-0.2, 0) is 11.2 Å². The second-order valence-electron chi connectivity index (χ2n) is 6.16. The Morgan fingerprint density at radius 3 is 2.38 bits per heavy atom. The topological polar surface area (TPSA) is 47.6 Å². The van der Waals surface area contributed by atoms with Crippen LogP contribution in [0.3, 0.4) is 0 Å². The van der Waals surface area contributed by atoms with E-state index >= 15 is 0 Å². The first-order valence-corrected chi connectivity index (χ1v) is 8.72. The van der Waals surface area contributed by atoms with Crippen molar-refractivity contribution in [1.82, 2.24) is 5.32 Å². The molecule has 0 fully saturated rings. The number of carbonyl (C=O) groups is 1. The molecule has 1 N–H and O–H groups in total. The number of rotatable bonds is 7. The molecule has 0 aliphatic heterocycles. The Balaban J connectivity index is 1.50. The van der Waals surface area contributed by atoms with Crippen LogP contribution >= 0.6 is 0 Å². The van der Waals surface area contributed by atoms with Crippen molar-refractivity contribution >= 4 is 16.7 Å². The minimum Gasteiger partial charge on any atom is -0.497 e. The molecule has 4 heteroatoms. The van der Waals surface area contributed by atoms with Crippen LogP contribution in [0.5, 0.6) is 11.5 Å². The molecule has 0 saturated carbocycles. The van der Waals surface area contributed by atoms with E-state index in [0.717, 1.165) is 28.5 Å². The third-order valence-electron chi connectivity index (χ3n) is 4.27.